The van der Waals surface area contributed by atoms with Gasteiger partial charge in [-0.1, -0.05) is 48.6 Å². The molecule has 3 aromatic rings. The Bertz CT molecular complexity index is 1060. The highest BCUT2D eigenvalue weighted by molar-refractivity contribution is 7.16. The van der Waals surface area contributed by atoms with Crippen molar-refractivity contribution in [3.05, 3.63) is 63.0 Å². The van der Waals surface area contributed by atoms with Gasteiger partial charge in [0.1, 0.15) is 5.01 Å². The predicted molar refractivity (Wildman–Crippen MR) is 125 cm³/mol. The normalized spacial score (nSPS) is 23.9. The van der Waals surface area contributed by atoms with Gasteiger partial charge in [0.2, 0.25) is 4.96 Å². The van der Waals surface area contributed by atoms with Crippen LogP contribution >= 0.6 is 36.2 Å². The van der Waals surface area contributed by atoms with E-state index in [4.69, 9.17) is 4.98 Å². The summed E-state index contributed by atoms with van der Waals surface area (Å²) in [5.41, 5.74) is 2.20. The maximum Gasteiger partial charge on any atom is 0.275 e. The number of aryl methyl sites for hydroxylation is 1. The van der Waals surface area contributed by atoms with Crippen molar-refractivity contribution in [3.8, 4) is 0 Å². The summed E-state index contributed by atoms with van der Waals surface area (Å²) in [4.78, 5) is 22.8. The van der Waals surface area contributed by atoms with Crippen LogP contribution in [0.5, 0.6) is 0 Å². The Morgan fingerprint density at radius 1 is 1.13 bits per heavy atom. The second kappa shape index (κ2) is 9.32. The van der Waals surface area contributed by atoms with Crippen molar-refractivity contribution < 1.29 is 0 Å². The summed E-state index contributed by atoms with van der Waals surface area (Å²) in [7, 11) is 2.24. The van der Waals surface area contributed by atoms with Crippen LogP contribution in [-0.4, -0.2) is 51.1 Å². The van der Waals surface area contributed by atoms with Gasteiger partial charge in [0.05, 0.1) is 5.69 Å². The van der Waals surface area contributed by atoms with E-state index < -0.39 is 0 Å². The van der Waals surface area contributed by atoms with Crippen LogP contribution in [0.4, 0.5) is 0 Å². The van der Waals surface area contributed by atoms with Crippen molar-refractivity contribution in [2.75, 3.05) is 26.7 Å². The summed E-state index contributed by atoms with van der Waals surface area (Å²) >= 11 is 1.51. The first-order valence-corrected chi connectivity index (χ1v) is 10.8. The summed E-state index contributed by atoms with van der Waals surface area (Å²) in [6.45, 7) is 6.04. The zero-order chi connectivity index (χ0) is 19.3. The molecule has 5 rings (SSSR count). The lowest BCUT2D eigenvalue weighted by molar-refractivity contribution is 0.223. The van der Waals surface area contributed by atoms with Gasteiger partial charge >= 0.3 is 0 Å². The van der Waals surface area contributed by atoms with Gasteiger partial charge in [-0.2, -0.15) is 9.61 Å². The molecule has 9 heteroatoms. The maximum atomic E-state index is 12.4. The molecule has 2 fully saturated rings. The number of fused-ring (bicyclic) bond motifs is 2. The number of aromatic nitrogens is 3. The van der Waals surface area contributed by atoms with Crippen molar-refractivity contribution >= 4 is 41.1 Å². The van der Waals surface area contributed by atoms with Gasteiger partial charge < -0.3 is 0 Å². The van der Waals surface area contributed by atoms with Gasteiger partial charge in [0.25, 0.3) is 5.56 Å². The van der Waals surface area contributed by atoms with E-state index in [9.17, 15) is 4.79 Å². The predicted octanol–water partition coefficient (Wildman–Crippen LogP) is 3.29. The average molecular weight is 468 g/mol. The fraction of sp³-hybridized carbons (Fsp3) is 0.476. The van der Waals surface area contributed by atoms with E-state index in [2.05, 4.69) is 52.3 Å². The van der Waals surface area contributed by atoms with E-state index in [0.717, 1.165) is 43.3 Å². The molecule has 2 aliphatic heterocycles. The number of rotatable bonds is 4. The molecule has 2 aromatic heterocycles. The number of halogens is 2. The molecule has 0 amide bonds. The molecule has 3 atom stereocenters. The molecule has 0 radical (unpaired) electrons. The lowest BCUT2D eigenvalue weighted by Gasteiger charge is -2.26. The average Bonchev–Trinajstić information content (AvgIpc) is 3.34. The second-order valence-corrected chi connectivity index (χ2v) is 9.08. The van der Waals surface area contributed by atoms with E-state index >= 15 is 0 Å². The van der Waals surface area contributed by atoms with Gasteiger partial charge in [-0.05, 0) is 30.9 Å². The molecule has 1 aromatic carbocycles. The van der Waals surface area contributed by atoms with Crippen LogP contribution in [0.15, 0.2) is 41.2 Å². The van der Waals surface area contributed by atoms with Crippen molar-refractivity contribution in [1.82, 2.24) is 24.4 Å². The third-order valence-electron chi connectivity index (χ3n) is 6.14. The minimum atomic E-state index is -0.0720. The Balaban J connectivity index is 0.00000128. The quantitative estimate of drug-likeness (QED) is 0.588. The number of nitrogens with zero attached hydrogens (tertiary/aromatic N) is 5. The van der Waals surface area contributed by atoms with Crippen LogP contribution in [0.3, 0.4) is 0 Å². The third-order valence-corrected chi connectivity index (χ3v) is 7.19. The Hall–Kier alpha value is -1.51. The third kappa shape index (κ3) is 4.14. The fourth-order valence-electron chi connectivity index (χ4n) is 4.98. The Morgan fingerprint density at radius 3 is 2.63 bits per heavy atom. The van der Waals surface area contributed by atoms with Crippen molar-refractivity contribution in [3.63, 3.8) is 0 Å². The number of benzene rings is 1. The summed E-state index contributed by atoms with van der Waals surface area (Å²) in [6.07, 6.45) is 0.826. The van der Waals surface area contributed by atoms with E-state index in [-0.39, 0.29) is 30.4 Å². The highest BCUT2D eigenvalue weighted by Crippen LogP contribution is 2.44. The molecule has 0 spiro atoms. The van der Waals surface area contributed by atoms with E-state index in [0.29, 0.717) is 22.8 Å². The SMILES string of the molecule is CCc1nn2c(=O)cc(CN3C[C@@H]4CN(C)[C@@H](c5ccccc5)[C@@H]4C3)nc2s1.Cl.Cl. The Morgan fingerprint density at radius 2 is 1.90 bits per heavy atom. The summed E-state index contributed by atoms with van der Waals surface area (Å²) in [5, 5.41) is 5.29. The van der Waals surface area contributed by atoms with E-state index in [1.807, 2.05) is 6.92 Å². The van der Waals surface area contributed by atoms with Gasteiger partial charge in [0.15, 0.2) is 0 Å². The molecule has 2 saturated heterocycles. The van der Waals surface area contributed by atoms with Crippen LogP contribution in [0, 0.1) is 11.8 Å². The minimum Gasteiger partial charge on any atom is -0.299 e. The summed E-state index contributed by atoms with van der Waals surface area (Å²) < 4.78 is 1.44. The highest BCUT2D eigenvalue weighted by atomic mass is 35.5. The fourth-order valence-corrected chi connectivity index (χ4v) is 5.84. The number of likely N-dealkylation sites (tertiary alicyclic amines) is 2. The number of hydrogen-bond donors (Lipinski definition) is 0. The standard InChI is InChI=1S/C21H25N5OS.2ClH/c1-3-18-23-26-19(27)9-16(22-21(26)28-18)12-25-11-15-10-24(2)20(17(15)13-25)14-7-5-4-6-8-14;;/h4-9,15,17,20H,3,10-13H2,1-2H3;2*1H/t15-,17+,20-;;/m0../s1. The minimum absolute atomic E-state index is 0. The molecule has 4 heterocycles. The molecule has 0 unspecified atom stereocenters. The van der Waals surface area contributed by atoms with Crippen LogP contribution in [0.2, 0.25) is 0 Å². The lowest BCUT2D eigenvalue weighted by Crippen LogP contribution is -2.29. The zero-order valence-corrected chi connectivity index (χ0v) is 19.6. The molecule has 2 aliphatic rings. The van der Waals surface area contributed by atoms with Gasteiger partial charge in [-0.15, -0.1) is 24.8 Å². The van der Waals surface area contributed by atoms with Crippen molar-refractivity contribution in [1.29, 1.82) is 0 Å². The number of hydrogen-bond acceptors (Lipinski definition) is 6. The molecule has 0 saturated carbocycles. The highest BCUT2D eigenvalue weighted by Gasteiger charge is 2.45. The largest absolute Gasteiger partial charge is 0.299 e. The first-order chi connectivity index (χ1) is 13.6. The first kappa shape index (κ1) is 23.2. The van der Waals surface area contributed by atoms with Gasteiger partial charge in [-0.25, -0.2) is 4.98 Å². The van der Waals surface area contributed by atoms with Crippen LogP contribution in [-0.2, 0) is 13.0 Å². The van der Waals surface area contributed by atoms with Gasteiger partial charge in [0, 0.05) is 38.3 Å². The van der Waals surface area contributed by atoms with Gasteiger partial charge in [-0.3, -0.25) is 14.6 Å². The smallest absolute Gasteiger partial charge is 0.275 e. The first-order valence-electron chi connectivity index (χ1n) is 9.98. The van der Waals surface area contributed by atoms with Crippen LogP contribution in [0.25, 0.3) is 4.96 Å². The lowest BCUT2D eigenvalue weighted by atomic mass is 9.90. The monoisotopic (exact) mass is 467 g/mol. The molecule has 162 valence electrons. The topological polar surface area (TPSA) is 53.7 Å². The van der Waals surface area contributed by atoms with Crippen molar-refractivity contribution in [2.24, 2.45) is 11.8 Å². The summed E-state index contributed by atoms with van der Waals surface area (Å²) in [5.74, 6) is 1.31. The van der Waals surface area contributed by atoms with E-state index in [1.54, 1.807) is 6.07 Å². The maximum absolute atomic E-state index is 12.4. The Labute approximate surface area is 192 Å². The zero-order valence-electron chi connectivity index (χ0n) is 17.1. The molecule has 0 aliphatic carbocycles. The summed E-state index contributed by atoms with van der Waals surface area (Å²) in [6, 6.07) is 13.0. The molecular formula is C21H27Cl2N5OS. The van der Waals surface area contributed by atoms with Crippen molar-refractivity contribution in [2.45, 2.75) is 25.9 Å². The molecule has 0 bridgehead atoms. The molecule has 30 heavy (non-hydrogen) atoms. The molecular weight excluding hydrogens is 441 g/mol. The van der Waals surface area contributed by atoms with Crippen LogP contribution in [0.1, 0.15) is 29.2 Å². The molecule has 0 N–H and O–H groups in total. The van der Waals surface area contributed by atoms with E-state index in [1.165, 1.54) is 21.4 Å². The molecule has 6 nitrogen and oxygen atoms in total. The second-order valence-electron chi connectivity index (χ2n) is 8.04. The Kier molecular flexibility index (Phi) is 7.20. The van der Waals surface area contributed by atoms with Crippen LogP contribution < -0.4 is 5.56 Å².